The number of para-hydroxylation sites is 1. The van der Waals surface area contributed by atoms with Gasteiger partial charge in [-0.15, -0.1) is 0 Å². The van der Waals surface area contributed by atoms with Crippen LogP contribution in [-0.4, -0.2) is 33.1 Å². The van der Waals surface area contributed by atoms with Crippen molar-refractivity contribution in [3.05, 3.63) is 87.0 Å². The number of carbonyl (C=O) groups is 2. The van der Waals surface area contributed by atoms with Crippen LogP contribution >= 0.6 is 11.3 Å². The molecular formula is C23H19FN4O5S. The van der Waals surface area contributed by atoms with Gasteiger partial charge in [0.05, 0.1) is 11.3 Å². The van der Waals surface area contributed by atoms with Crippen LogP contribution in [0.1, 0.15) is 28.0 Å². The second-order valence-electron chi connectivity index (χ2n) is 7.05. The molecule has 11 heteroatoms. The minimum Gasteiger partial charge on any atom is -0.481 e. The van der Waals surface area contributed by atoms with Crippen LogP contribution in [0.2, 0.25) is 0 Å². The van der Waals surface area contributed by atoms with Crippen molar-refractivity contribution in [3.8, 4) is 5.75 Å². The van der Waals surface area contributed by atoms with Crippen molar-refractivity contribution < 1.29 is 23.5 Å². The second-order valence-corrected chi connectivity index (χ2v) is 8.09. The first-order valence-electron chi connectivity index (χ1n) is 10.3. The maximum absolute atomic E-state index is 13.5. The zero-order valence-electron chi connectivity index (χ0n) is 18.0. The van der Waals surface area contributed by atoms with E-state index in [0.717, 1.165) is 5.01 Å². The number of esters is 1. The lowest BCUT2D eigenvalue weighted by Gasteiger charge is -2.09. The fraction of sp³-hybridized carbons (Fsp3) is 0.174. The van der Waals surface area contributed by atoms with Crippen LogP contribution in [0.3, 0.4) is 0 Å². The van der Waals surface area contributed by atoms with Gasteiger partial charge in [-0.1, -0.05) is 30.4 Å². The van der Waals surface area contributed by atoms with E-state index in [0.29, 0.717) is 22.8 Å². The van der Waals surface area contributed by atoms with Crippen molar-refractivity contribution in [2.45, 2.75) is 20.0 Å². The van der Waals surface area contributed by atoms with Crippen LogP contribution in [-0.2, 0) is 22.6 Å². The maximum Gasteiger partial charge on any atom is 0.338 e. The number of carbonyl (C=O) groups excluding carboxylic acids is 2. The van der Waals surface area contributed by atoms with E-state index >= 15 is 0 Å². The van der Waals surface area contributed by atoms with Crippen molar-refractivity contribution >= 4 is 33.9 Å². The minimum atomic E-state index is -0.610. The Morgan fingerprint density at radius 3 is 2.65 bits per heavy atom. The van der Waals surface area contributed by atoms with Crippen molar-refractivity contribution in [1.29, 1.82) is 0 Å². The lowest BCUT2D eigenvalue weighted by molar-refractivity contribution is -0.118. The van der Waals surface area contributed by atoms with Crippen molar-refractivity contribution in [2.75, 3.05) is 11.9 Å². The molecule has 34 heavy (non-hydrogen) atoms. The van der Waals surface area contributed by atoms with Gasteiger partial charge in [-0.2, -0.15) is 9.61 Å². The average molecular weight is 482 g/mol. The minimum absolute atomic E-state index is 0.0202. The maximum atomic E-state index is 13.5. The van der Waals surface area contributed by atoms with Gasteiger partial charge in [0, 0.05) is 11.8 Å². The van der Waals surface area contributed by atoms with Crippen molar-refractivity contribution in [1.82, 2.24) is 14.6 Å². The van der Waals surface area contributed by atoms with Crippen LogP contribution in [0.15, 0.2) is 59.4 Å². The van der Waals surface area contributed by atoms with Gasteiger partial charge in [0.2, 0.25) is 4.96 Å². The first-order chi connectivity index (χ1) is 16.4. The molecular weight excluding hydrogens is 463 g/mol. The first-order valence-corrected chi connectivity index (χ1v) is 11.1. The number of benzene rings is 2. The van der Waals surface area contributed by atoms with E-state index in [4.69, 9.17) is 9.47 Å². The highest BCUT2D eigenvalue weighted by Crippen LogP contribution is 2.16. The van der Waals surface area contributed by atoms with Gasteiger partial charge >= 0.3 is 5.97 Å². The van der Waals surface area contributed by atoms with Gasteiger partial charge in [-0.05, 0) is 42.8 Å². The van der Waals surface area contributed by atoms with Gasteiger partial charge in [-0.25, -0.2) is 14.2 Å². The third-order valence-electron chi connectivity index (χ3n) is 4.59. The van der Waals surface area contributed by atoms with Gasteiger partial charge in [0.15, 0.2) is 18.2 Å². The van der Waals surface area contributed by atoms with E-state index < -0.39 is 17.7 Å². The molecule has 0 spiro atoms. The SMILES string of the molecule is CCc1nn2c(=O)cc(COC(=O)c3ccc(NC(=O)COc4ccccc4F)cc3)nc2s1. The average Bonchev–Trinajstić information content (AvgIpc) is 3.26. The molecule has 0 bridgehead atoms. The van der Waals surface area contributed by atoms with Crippen molar-refractivity contribution in [2.24, 2.45) is 0 Å². The monoisotopic (exact) mass is 482 g/mol. The Bertz CT molecular complexity index is 1400. The summed E-state index contributed by atoms with van der Waals surface area (Å²) in [4.78, 5) is 41.3. The van der Waals surface area contributed by atoms with E-state index in [1.165, 1.54) is 64.4 Å². The summed E-state index contributed by atoms with van der Waals surface area (Å²) in [6.07, 6.45) is 0.687. The summed E-state index contributed by atoms with van der Waals surface area (Å²) < 4.78 is 25.2. The zero-order chi connectivity index (χ0) is 24.1. The summed E-state index contributed by atoms with van der Waals surface area (Å²) >= 11 is 1.30. The van der Waals surface area contributed by atoms with E-state index in [1.54, 1.807) is 6.07 Å². The normalized spacial score (nSPS) is 10.8. The smallest absolute Gasteiger partial charge is 0.338 e. The van der Waals surface area contributed by atoms with Gasteiger partial charge < -0.3 is 14.8 Å². The van der Waals surface area contributed by atoms with Crippen LogP contribution in [0.25, 0.3) is 4.96 Å². The van der Waals surface area contributed by atoms with Gasteiger partial charge in [-0.3, -0.25) is 9.59 Å². The Kier molecular flexibility index (Phi) is 6.93. The molecule has 0 radical (unpaired) electrons. The van der Waals surface area contributed by atoms with Crippen LogP contribution in [0, 0.1) is 5.82 Å². The highest BCUT2D eigenvalue weighted by molar-refractivity contribution is 7.16. The molecule has 0 unspecified atom stereocenters. The summed E-state index contributed by atoms with van der Waals surface area (Å²) in [6, 6.07) is 13.1. The molecule has 4 aromatic rings. The number of hydrogen-bond donors (Lipinski definition) is 1. The highest BCUT2D eigenvalue weighted by atomic mass is 32.1. The third kappa shape index (κ3) is 5.44. The second kappa shape index (κ2) is 10.2. The molecule has 0 aliphatic rings. The molecule has 0 aliphatic carbocycles. The summed E-state index contributed by atoms with van der Waals surface area (Å²) in [5.41, 5.74) is 0.662. The standard InChI is InChI=1S/C23H19FN4O5S/c1-2-20-27-28-21(30)11-16(26-23(28)34-20)12-33-22(31)14-7-9-15(10-8-14)25-19(29)13-32-18-6-4-3-5-17(18)24/h3-11H,2,12-13H2,1H3,(H,25,29). The summed E-state index contributed by atoms with van der Waals surface area (Å²) in [5, 5.41) is 7.55. The molecule has 0 saturated carbocycles. The molecule has 2 aromatic heterocycles. The predicted octanol–water partition coefficient (Wildman–Crippen LogP) is 3.23. The molecule has 174 valence electrons. The van der Waals surface area contributed by atoms with E-state index in [9.17, 15) is 18.8 Å². The number of nitrogens with one attached hydrogen (secondary N) is 1. The zero-order valence-corrected chi connectivity index (χ0v) is 18.8. The van der Waals surface area contributed by atoms with Crippen molar-refractivity contribution in [3.63, 3.8) is 0 Å². The Morgan fingerprint density at radius 2 is 1.91 bits per heavy atom. The molecule has 0 aliphatic heterocycles. The van der Waals surface area contributed by atoms with Gasteiger partial charge in [0.1, 0.15) is 11.6 Å². The number of aryl methyl sites for hydroxylation is 1. The third-order valence-corrected chi connectivity index (χ3v) is 5.65. The molecule has 9 nitrogen and oxygen atoms in total. The molecule has 2 heterocycles. The van der Waals surface area contributed by atoms with Gasteiger partial charge in [0.25, 0.3) is 11.5 Å². The Morgan fingerprint density at radius 1 is 1.15 bits per heavy atom. The molecule has 0 atom stereocenters. The molecule has 4 rings (SSSR count). The molecule has 0 saturated heterocycles. The van der Waals surface area contributed by atoms with E-state index in [1.807, 2.05) is 6.92 Å². The first kappa shape index (κ1) is 23.1. The van der Waals surface area contributed by atoms with E-state index in [-0.39, 0.29) is 30.1 Å². The number of fused-ring (bicyclic) bond motifs is 1. The number of nitrogens with zero attached hydrogens (tertiary/aromatic N) is 3. The summed E-state index contributed by atoms with van der Waals surface area (Å²) in [7, 11) is 0. The van der Waals surface area contributed by atoms with Crippen LogP contribution < -0.4 is 15.6 Å². The fourth-order valence-electron chi connectivity index (χ4n) is 2.93. The largest absolute Gasteiger partial charge is 0.481 e. The molecule has 1 amide bonds. The Balaban J connectivity index is 1.31. The Hall–Kier alpha value is -4.12. The number of ether oxygens (including phenoxy) is 2. The lowest BCUT2D eigenvalue weighted by Crippen LogP contribution is -2.20. The lowest BCUT2D eigenvalue weighted by atomic mass is 10.2. The predicted molar refractivity (Wildman–Crippen MR) is 123 cm³/mol. The Labute approximate surface area is 196 Å². The molecule has 1 N–H and O–H groups in total. The number of anilines is 1. The number of hydrogen-bond acceptors (Lipinski definition) is 8. The molecule has 2 aromatic carbocycles. The van der Waals surface area contributed by atoms with Crippen LogP contribution in [0.5, 0.6) is 5.75 Å². The highest BCUT2D eigenvalue weighted by Gasteiger charge is 2.12. The topological polar surface area (TPSA) is 112 Å². The van der Waals surface area contributed by atoms with E-state index in [2.05, 4.69) is 15.4 Å². The fourth-order valence-corrected chi connectivity index (χ4v) is 3.79. The number of aromatic nitrogens is 3. The van der Waals surface area contributed by atoms with Crippen LogP contribution in [0.4, 0.5) is 10.1 Å². The summed E-state index contributed by atoms with van der Waals surface area (Å²) in [6.45, 7) is 1.39. The quantitative estimate of drug-likeness (QED) is 0.384. The number of rotatable bonds is 8. The number of amides is 1. The number of halogens is 1. The molecule has 0 fully saturated rings. The summed E-state index contributed by atoms with van der Waals surface area (Å²) in [5.74, 6) is -1.67.